The molecule has 0 saturated heterocycles. The van der Waals surface area contributed by atoms with Gasteiger partial charge in [0, 0.05) is 0 Å². The van der Waals surface area contributed by atoms with Gasteiger partial charge in [0.1, 0.15) is 16.4 Å². The van der Waals surface area contributed by atoms with Gasteiger partial charge in [-0.2, -0.15) is 0 Å². The lowest BCUT2D eigenvalue weighted by Crippen LogP contribution is -2.46. The van der Waals surface area contributed by atoms with Gasteiger partial charge in [-0.3, -0.25) is 0 Å². The van der Waals surface area contributed by atoms with Crippen LogP contribution in [0.2, 0.25) is 5.02 Å². The van der Waals surface area contributed by atoms with E-state index in [0.29, 0.717) is 5.02 Å². The first-order valence-electron chi connectivity index (χ1n) is 4.92. The molecule has 1 aromatic carbocycles. The second-order valence-corrected chi connectivity index (χ2v) is 5.02. The average Bonchev–Trinajstić information content (AvgIpc) is 2.22. The minimum atomic E-state index is -0.307. The molecule has 1 heterocycles. The smallest absolute Gasteiger partial charge is 0.144 e. The molecule has 5 heteroatoms. The van der Waals surface area contributed by atoms with Crippen LogP contribution in [-0.4, -0.2) is 17.6 Å². The number of halogens is 1. The van der Waals surface area contributed by atoms with Gasteiger partial charge in [-0.25, -0.2) is 0 Å². The fourth-order valence-electron chi connectivity index (χ4n) is 1.61. The zero-order valence-corrected chi connectivity index (χ0v) is 10.9. The van der Waals surface area contributed by atoms with E-state index in [4.69, 9.17) is 28.6 Å². The topological polar surface area (TPSA) is 33.3 Å². The molecule has 0 unspecified atom stereocenters. The molecule has 0 spiro atoms. The Balaban J connectivity index is 2.57. The number of methoxy groups -OCH3 is 1. The molecule has 16 heavy (non-hydrogen) atoms. The molecular formula is C11H13ClN2OS. The monoisotopic (exact) mass is 256 g/mol. The third kappa shape index (κ3) is 1.72. The van der Waals surface area contributed by atoms with E-state index >= 15 is 0 Å². The highest BCUT2D eigenvalue weighted by Crippen LogP contribution is 2.42. The van der Waals surface area contributed by atoms with Crippen molar-refractivity contribution in [2.24, 2.45) is 0 Å². The number of thiocarbonyl (C=S) groups is 1. The highest BCUT2D eigenvalue weighted by atomic mass is 35.5. The van der Waals surface area contributed by atoms with Crippen molar-refractivity contribution < 1.29 is 4.74 Å². The first-order valence-corrected chi connectivity index (χ1v) is 5.70. The number of nitrogens with one attached hydrogen (secondary N) is 2. The molecule has 3 nitrogen and oxygen atoms in total. The number of hydrogen-bond acceptors (Lipinski definition) is 3. The Hall–Kier alpha value is -1.00. The lowest BCUT2D eigenvalue weighted by Gasteiger charge is -2.36. The summed E-state index contributed by atoms with van der Waals surface area (Å²) in [6.07, 6.45) is 0. The van der Waals surface area contributed by atoms with Crippen LogP contribution in [0.5, 0.6) is 5.75 Å². The molecule has 2 rings (SSSR count). The largest absolute Gasteiger partial charge is 0.494 e. The molecule has 0 aliphatic carbocycles. The second kappa shape index (κ2) is 3.79. The van der Waals surface area contributed by atoms with Crippen molar-refractivity contribution in [3.05, 3.63) is 17.2 Å². The summed E-state index contributed by atoms with van der Waals surface area (Å²) in [5, 5.41) is 7.14. The van der Waals surface area contributed by atoms with E-state index < -0.39 is 0 Å². The van der Waals surface area contributed by atoms with Gasteiger partial charge in [-0.15, -0.1) is 0 Å². The molecule has 2 N–H and O–H groups in total. The highest BCUT2D eigenvalue weighted by Gasteiger charge is 2.32. The fourth-order valence-corrected chi connectivity index (χ4v) is 1.97. The van der Waals surface area contributed by atoms with Crippen molar-refractivity contribution in [2.45, 2.75) is 19.4 Å². The number of benzene rings is 1. The quantitative estimate of drug-likeness (QED) is 0.756. The van der Waals surface area contributed by atoms with Crippen molar-refractivity contribution in [1.29, 1.82) is 0 Å². The van der Waals surface area contributed by atoms with Crippen molar-refractivity contribution in [2.75, 3.05) is 17.7 Å². The van der Waals surface area contributed by atoms with Gasteiger partial charge < -0.3 is 15.4 Å². The molecule has 0 amide bonds. The Kier molecular flexibility index (Phi) is 2.72. The SMILES string of the molecule is COc1ccc(Cl)c2c1NC(=S)C(C)(C)N2. The standard InChI is InChI=1S/C11H13ClN2OS/c1-11(2)10(16)13-9-7(15-3)5-4-6(12)8(9)14-11/h4-5,14H,1-3H3,(H,13,16). The Labute approximate surface area is 105 Å². The zero-order chi connectivity index (χ0) is 11.9. The number of rotatable bonds is 1. The van der Waals surface area contributed by atoms with Gasteiger partial charge in [0.2, 0.25) is 0 Å². The highest BCUT2D eigenvalue weighted by molar-refractivity contribution is 7.80. The van der Waals surface area contributed by atoms with Crippen LogP contribution in [0, 0.1) is 0 Å². The third-order valence-electron chi connectivity index (χ3n) is 2.58. The van der Waals surface area contributed by atoms with Crippen molar-refractivity contribution in [1.82, 2.24) is 0 Å². The third-order valence-corrected chi connectivity index (χ3v) is 3.51. The maximum atomic E-state index is 6.14. The molecule has 1 aromatic rings. The molecule has 0 bridgehead atoms. The number of ether oxygens (including phenoxy) is 1. The van der Waals surface area contributed by atoms with Crippen molar-refractivity contribution in [3.8, 4) is 5.75 Å². The van der Waals surface area contributed by atoms with Gasteiger partial charge >= 0.3 is 0 Å². The van der Waals surface area contributed by atoms with Crippen LogP contribution < -0.4 is 15.4 Å². The number of fused-ring (bicyclic) bond motifs is 1. The van der Waals surface area contributed by atoms with E-state index in [1.54, 1.807) is 13.2 Å². The minimum absolute atomic E-state index is 0.307. The van der Waals surface area contributed by atoms with Crippen LogP contribution in [-0.2, 0) is 0 Å². The van der Waals surface area contributed by atoms with Crippen molar-refractivity contribution in [3.63, 3.8) is 0 Å². The normalized spacial score (nSPS) is 17.1. The summed E-state index contributed by atoms with van der Waals surface area (Å²) in [6.45, 7) is 4.00. The molecular weight excluding hydrogens is 244 g/mol. The minimum Gasteiger partial charge on any atom is -0.494 e. The Morgan fingerprint density at radius 3 is 2.62 bits per heavy atom. The van der Waals surface area contributed by atoms with E-state index in [0.717, 1.165) is 22.1 Å². The zero-order valence-electron chi connectivity index (χ0n) is 9.35. The summed E-state index contributed by atoms with van der Waals surface area (Å²) in [6, 6.07) is 3.62. The summed E-state index contributed by atoms with van der Waals surface area (Å²) in [5.41, 5.74) is 1.33. The maximum Gasteiger partial charge on any atom is 0.144 e. The number of hydrogen-bond donors (Lipinski definition) is 2. The van der Waals surface area contributed by atoms with E-state index in [-0.39, 0.29) is 5.54 Å². The lowest BCUT2D eigenvalue weighted by molar-refractivity contribution is 0.417. The van der Waals surface area contributed by atoms with Crippen molar-refractivity contribution >= 4 is 40.2 Å². The summed E-state index contributed by atoms with van der Waals surface area (Å²) in [5.74, 6) is 0.727. The summed E-state index contributed by atoms with van der Waals surface area (Å²) in [7, 11) is 1.62. The van der Waals surface area contributed by atoms with E-state index in [2.05, 4.69) is 10.6 Å². The Morgan fingerprint density at radius 2 is 2.00 bits per heavy atom. The first-order chi connectivity index (χ1) is 7.45. The van der Waals surface area contributed by atoms with Crippen LogP contribution in [0.3, 0.4) is 0 Å². The molecule has 0 atom stereocenters. The second-order valence-electron chi connectivity index (χ2n) is 4.20. The van der Waals surface area contributed by atoms with Gasteiger partial charge in [-0.1, -0.05) is 23.8 Å². The molecule has 1 aliphatic heterocycles. The fraction of sp³-hybridized carbons (Fsp3) is 0.364. The summed E-state index contributed by atoms with van der Waals surface area (Å²) < 4.78 is 5.26. The van der Waals surface area contributed by atoms with Gasteiger partial charge in [-0.05, 0) is 26.0 Å². The van der Waals surface area contributed by atoms with Gasteiger partial charge in [0.15, 0.2) is 0 Å². The maximum absolute atomic E-state index is 6.14. The van der Waals surface area contributed by atoms with E-state index in [9.17, 15) is 0 Å². The Bertz CT molecular complexity index is 460. The van der Waals surface area contributed by atoms with Crippen LogP contribution in [0.15, 0.2) is 12.1 Å². The predicted molar refractivity (Wildman–Crippen MR) is 71.9 cm³/mol. The van der Waals surface area contributed by atoms with Crippen LogP contribution in [0.25, 0.3) is 0 Å². The molecule has 0 fully saturated rings. The molecule has 0 aromatic heterocycles. The van der Waals surface area contributed by atoms with E-state index in [1.807, 2.05) is 19.9 Å². The molecule has 86 valence electrons. The molecule has 0 saturated carbocycles. The first kappa shape index (κ1) is 11.5. The van der Waals surface area contributed by atoms with E-state index in [1.165, 1.54) is 0 Å². The average molecular weight is 257 g/mol. The van der Waals surface area contributed by atoms with Gasteiger partial charge in [0.05, 0.1) is 23.4 Å². The van der Waals surface area contributed by atoms with Crippen LogP contribution in [0.1, 0.15) is 13.8 Å². The van der Waals surface area contributed by atoms with Crippen LogP contribution in [0.4, 0.5) is 11.4 Å². The summed E-state index contributed by atoms with van der Waals surface area (Å²) in [4.78, 5) is 0.723. The van der Waals surface area contributed by atoms with Gasteiger partial charge in [0.25, 0.3) is 0 Å². The van der Waals surface area contributed by atoms with Crippen LogP contribution >= 0.6 is 23.8 Å². The summed E-state index contributed by atoms with van der Waals surface area (Å²) >= 11 is 11.4. The Morgan fingerprint density at radius 1 is 1.31 bits per heavy atom. The predicted octanol–water partition coefficient (Wildman–Crippen LogP) is 3.29. The number of anilines is 2. The molecule has 0 radical (unpaired) electrons. The molecule has 1 aliphatic rings. The lowest BCUT2D eigenvalue weighted by atomic mass is 10.0.